The second kappa shape index (κ2) is 12.3. The number of hydrogen-bond donors (Lipinski definition) is 4. The van der Waals surface area contributed by atoms with Gasteiger partial charge in [-0.15, -0.1) is 0 Å². The van der Waals surface area contributed by atoms with E-state index in [1.807, 2.05) is 60.4 Å². The van der Waals surface area contributed by atoms with E-state index in [1.165, 1.54) is 6.92 Å². The zero-order valence-corrected chi connectivity index (χ0v) is 22.4. The molecule has 2 aromatic rings. The van der Waals surface area contributed by atoms with Crippen LogP contribution in [0.1, 0.15) is 56.6 Å². The second-order valence-corrected chi connectivity index (χ2v) is 10.9. The molecular weight excluding hydrogens is 482 g/mol. The first kappa shape index (κ1) is 28.1. The molecule has 5 N–H and O–H groups in total. The molecular formula is C30H41N3O5. The number of rotatable bonds is 9. The van der Waals surface area contributed by atoms with E-state index in [-0.39, 0.29) is 29.7 Å². The largest absolute Gasteiger partial charge is 0.457 e. The lowest BCUT2D eigenvalue weighted by atomic mass is 9.73. The van der Waals surface area contributed by atoms with Gasteiger partial charge in [0, 0.05) is 50.0 Å². The van der Waals surface area contributed by atoms with Crippen LogP contribution in [0.2, 0.25) is 0 Å². The van der Waals surface area contributed by atoms with Crippen LogP contribution in [-0.2, 0) is 15.2 Å². The number of benzene rings is 2. The molecule has 206 valence electrons. The van der Waals surface area contributed by atoms with E-state index in [4.69, 9.17) is 10.5 Å². The minimum atomic E-state index is -1.28. The van der Waals surface area contributed by atoms with Crippen molar-refractivity contribution in [1.29, 1.82) is 0 Å². The SMILES string of the molecule is CC(=O)NCCCC(O)(c1ccccc1Oc1ccccc1C)C1CCCN(C(=O)[C@H]2C[C@@H](N)[C@@H](O)C2)C1. The number of likely N-dealkylation sites (tertiary alicyclic amines) is 1. The van der Waals surface area contributed by atoms with Crippen molar-refractivity contribution in [2.45, 2.75) is 70.1 Å². The molecule has 1 saturated heterocycles. The van der Waals surface area contributed by atoms with Crippen molar-refractivity contribution in [3.63, 3.8) is 0 Å². The average Bonchev–Trinajstić information content (AvgIpc) is 3.25. The molecule has 8 nitrogen and oxygen atoms in total. The predicted molar refractivity (Wildman–Crippen MR) is 146 cm³/mol. The first-order valence-electron chi connectivity index (χ1n) is 13.7. The fourth-order valence-electron chi connectivity index (χ4n) is 5.96. The summed E-state index contributed by atoms with van der Waals surface area (Å²) in [6, 6.07) is 14.9. The van der Waals surface area contributed by atoms with E-state index < -0.39 is 11.7 Å². The van der Waals surface area contributed by atoms with Gasteiger partial charge in [-0.1, -0.05) is 36.4 Å². The molecule has 0 radical (unpaired) electrons. The van der Waals surface area contributed by atoms with E-state index in [1.54, 1.807) is 0 Å². The Bertz CT molecular complexity index is 1110. The molecule has 0 aromatic heterocycles. The van der Waals surface area contributed by atoms with Crippen molar-refractivity contribution < 1.29 is 24.5 Å². The van der Waals surface area contributed by atoms with Crippen LogP contribution in [0.25, 0.3) is 0 Å². The first-order chi connectivity index (χ1) is 18.2. The molecule has 2 fully saturated rings. The third-order valence-corrected chi connectivity index (χ3v) is 8.11. The molecule has 0 bridgehead atoms. The monoisotopic (exact) mass is 523 g/mol. The lowest BCUT2D eigenvalue weighted by molar-refractivity contribution is -0.141. The molecule has 1 aliphatic carbocycles. The zero-order chi connectivity index (χ0) is 27.3. The van der Waals surface area contributed by atoms with Crippen LogP contribution in [0.3, 0.4) is 0 Å². The number of nitrogens with two attached hydrogens (primary N) is 1. The third kappa shape index (κ3) is 6.37. The molecule has 2 aliphatic rings. The fraction of sp³-hybridized carbons (Fsp3) is 0.533. The molecule has 38 heavy (non-hydrogen) atoms. The number of amides is 2. The van der Waals surface area contributed by atoms with Gasteiger partial charge in [0.2, 0.25) is 11.8 Å². The Morgan fingerprint density at radius 2 is 1.84 bits per heavy atom. The van der Waals surface area contributed by atoms with E-state index >= 15 is 0 Å². The number of carbonyl (C=O) groups excluding carboxylic acids is 2. The Morgan fingerprint density at radius 3 is 2.53 bits per heavy atom. The quantitative estimate of drug-likeness (QED) is 0.374. The summed E-state index contributed by atoms with van der Waals surface area (Å²) in [5, 5.41) is 25.4. The highest BCUT2D eigenvalue weighted by Gasteiger charge is 2.44. The van der Waals surface area contributed by atoms with Crippen LogP contribution in [0.5, 0.6) is 11.5 Å². The third-order valence-electron chi connectivity index (χ3n) is 8.11. The van der Waals surface area contributed by atoms with Gasteiger partial charge < -0.3 is 30.9 Å². The topological polar surface area (TPSA) is 125 Å². The van der Waals surface area contributed by atoms with Crippen LogP contribution in [-0.4, -0.2) is 58.7 Å². The lowest BCUT2D eigenvalue weighted by Gasteiger charge is -2.44. The summed E-state index contributed by atoms with van der Waals surface area (Å²) < 4.78 is 6.35. The number of piperidine rings is 1. The lowest BCUT2D eigenvalue weighted by Crippen LogP contribution is -2.49. The molecule has 1 heterocycles. The van der Waals surface area contributed by atoms with E-state index in [0.717, 1.165) is 24.2 Å². The van der Waals surface area contributed by atoms with Crippen molar-refractivity contribution >= 4 is 11.8 Å². The molecule has 1 aliphatic heterocycles. The molecule has 2 unspecified atom stereocenters. The summed E-state index contributed by atoms with van der Waals surface area (Å²) in [5.41, 5.74) is 6.38. The molecule has 2 aromatic carbocycles. The average molecular weight is 524 g/mol. The zero-order valence-electron chi connectivity index (χ0n) is 22.4. The molecule has 4 rings (SSSR count). The minimum Gasteiger partial charge on any atom is -0.457 e. The summed E-state index contributed by atoms with van der Waals surface area (Å²) in [6.45, 7) is 4.95. The predicted octanol–water partition coefficient (Wildman–Crippen LogP) is 3.23. The van der Waals surface area contributed by atoms with Gasteiger partial charge in [-0.05, 0) is 63.1 Å². The van der Waals surface area contributed by atoms with E-state index in [0.29, 0.717) is 56.6 Å². The van der Waals surface area contributed by atoms with Gasteiger partial charge in [0.05, 0.1) is 11.7 Å². The Hall–Kier alpha value is -2.94. The summed E-state index contributed by atoms with van der Waals surface area (Å²) in [6.07, 6.45) is 2.72. The standard InChI is InChI=1S/C30H41N3O5/c1-20-9-3-5-12-27(20)38-28-13-6-4-11-24(28)30(37,14-8-15-32-21(2)34)23-10-7-16-33(19-23)29(36)22-17-25(31)26(35)18-22/h3-6,9,11-13,22-23,25-26,35,37H,7-8,10,14-19,31H2,1-2H3,(H,32,34)/t22-,23?,25+,26-,30?/m0/s1. The molecule has 0 spiro atoms. The van der Waals surface area contributed by atoms with Crippen LogP contribution in [0.15, 0.2) is 48.5 Å². The second-order valence-electron chi connectivity index (χ2n) is 10.9. The summed E-state index contributed by atoms with van der Waals surface area (Å²) in [7, 11) is 0. The van der Waals surface area contributed by atoms with Crippen molar-refractivity contribution in [1.82, 2.24) is 10.2 Å². The number of ether oxygens (including phenoxy) is 1. The minimum absolute atomic E-state index is 0.00624. The van der Waals surface area contributed by atoms with Gasteiger partial charge in [-0.2, -0.15) is 0 Å². The van der Waals surface area contributed by atoms with Gasteiger partial charge in [0.15, 0.2) is 0 Å². The summed E-state index contributed by atoms with van der Waals surface area (Å²) in [4.78, 5) is 26.7. The Morgan fingerprint density at radius 1 is 1.13 bits per heavy atom. The fourth-order valence-corrected chi connectivity index (χ4v) is 5.96. The highest BCUT2D eigenvalue weighted by atomic mass is 16.5. The number of nitrogens with one attached hydrogen (secondary N) is 1. The normalized spacial score (nSPS) is 25.0. The van der Waals surface area contributed by atoms with Crippen molar-refractivity contribution in [2.75, 3.05) is 19.6 Å². The molecule has 5 atom stereocenters. The highest BCUT2D eigenvalue weighted by Crippen LogP contribution is 2.44. The number of hydrogen-bond acceptors (Lipinski definition) is 6. The number of aryl methyl sites for hydroxylation is 1. The van der Waals surface area contributed by atoms with Crippen molar-refractivity contribution in [3.8, 4) is 11.5 Å². The Labute approximate surface area is 225 Å². The van der Waals surface area contributed by atoms with E-state index in [2.05, 4.69) is 5.32 Å². The summed E-state index contributed by atoms with van der Waals surface area (Å²) >= 11 is 0. The Kier molecular flexibility index (Phi) is 9.07. The molecule has 8 heteroatoms. The number of carbonyl (C=O) groups is 2. The highest BCUT2D eigenvalue weighted by molar-refractivity contribution is 5.79. The number of aliphatic hydroxyl groups is 2. The van der Waals surface area contributed by atoms with Gasteiger partial charge >= 0.3 is 0 Å². The molecule has 2 amide bonds. The van der Waals surface area contributed by atoms with Crippen LogP contribution in [0.4, 0.5) is 0 Å². The van der Waals surface area contributed by atoms with Crippen LogP contribution >= 0.6 is 0 Å². The van der Waals surface area contributed by atoms with Crippen LogP contribution < -0.4 is 15.8 Å². The van der Waals surface area contributed by atoms with Crippen LogP contribution in [0, 0.1) is 18.8 Å². The van der Waals surface area contributed by atoms with Gasteiger partial charge in [-0.3, -0.25) is 9.59 Å². The maximum Gasteiger partial charge on any atom is 0.225 e. The number of para-hydroxylation sites is 2. The number of aliphatic hydroxyl groups excluding tert-OH is 1. The Balaban J connectivity index is 1.61. The van der Waals surface area contributed by atoms with Crippen molar-refractivity contribution in [2.24, 2.45) is 17.6 Å². The molecule has 1 saturated carbocycles. The maximum absolute atomic E-state index is 13.4. The first-order valence-corrected chi connectivity index (χ1v) is 13.7. The smallest absolute Gasteiger partial charge is 0.225 e. The number of nitrogens with zero attached hydrogens (tertiary/aromatic N) is 1. The maximum atomic E-state index is 13.4. The van der Waals surface area contributed by atoms with Gasteiger partial charge in [-0.25, -0.2) is 0 Å². The van der Waals surface area contributed by atoms with Gasteiger partial charge in [0.1, 0.15) is 11.5 Å². The van der Waals surface area contributed by atoms with Crippen molar-refractivity contribution in [3.05, 3.63) is 59.7 Å². The van der Waals surface area contributed by atoms with Gasteiger partial charge in [0.25, 0.3) is 0 Å². The van der Waals surface area contributed by atoms with E-state index in [9.17, 15) is 19.8 Å². The summed E-state index contributed by atoms with van der Waals surface area (Å²) in [5.74, 6) is 0.687.